The Kier molecular flexibility index (Phi) is 5.06. The molecule has 2 N–H and O–H groups in total. The van der Waals surface area contributed by atoms with Gasteiger partial charge in [-0.3, -0.25) is 4.57 Å². The average Bonchev–Trinajstić information content (AvgIpc) is 2.74. The minimum Gasteiger partial charge on any atom is -0.389 e. The van der Waals surface area contributed by atoms with Gasteiger partial charge in [0.1, 0.15) is 0 Å². The zero-order valence-corrected chi connectivity index (χ0v) is 13.7. The Bertz CT molecular complexity index is 651. The largest absolute Gasteiger partial charge is 0.389 e. The Balaban J connectivity index is 2.37. The first kappa shape index (κ1) is 15.3. The third-order valence-electron chi connectivity index (χ3n) is 2.79. The topological polar surface area (TPSA) is 70.9 Å². The average molecular weight is 358 g/mol. The van der Waals surface area contributed by atoms with Gasteiger partial charge >= 0.3 is 5.69 Å². The van der Waals surface area contributed by atoms with E-state index in [9.17, 15) is 9.90 Å². The number of rotatable bonds is 5. The van der Waals surface area contributed by atoms with Gasteiger partial charge in [-0.1, -0.05) is 22.9 Å². The summed E-state index contributed by atoms with van der Waals surface area (Å²) in [4.78, 5) is 12.6. The standard InChI is InChI=1S/C13H16BrN3O2S/c1-3-6-17-12(19)15-16-13(17)20-11-5-4-9(14)7-10(11)8(2)18/h4-5,7-8,18H,3,6H2,1-2H3,(H,15,19). The molecule has 1 heterocycles. The number of aromatic amines is 1. The summed E-state index contributed by atoms with van der Waals surface area (Å²) in [6.45, 7) is 4.35. The van der Waals surface area contributed by atoms with E-state index in [2.05, 4.69) is 26.1 Å². The maximum Gasteiger partial charge on any atom is 0.343 e. The molecular weight excluding hydrogens is 342 g/mol. The molecule has 5 nitrogen and oxygen atoms in total. The Morgan fingerprint density at radius 1 is 1.55 bits per heavy atom. The summed E-state index contributed by atoms with van der Waals surface area (Å²) in [5.41, 5.74) is 0.605. The molecule has 1 unspecified atom stereocenters. The molecule has 2 aromatic rings. The summed E-state index contributed by atoms with van der Waals surface area (Å²) in [5, 5.41) is 17.0. The van der Waals surface area contributed by atoms with Crippen molar-refractivity contribution in [1.29, 1.82) is 0 Å². The Morgan fingerprint density at radius 3 is 2.95 bits per heavy atom. The molecule has 7 heteroatoms. The van der Waals surface area contributed by atoms with Crippen LogP contribution in [0.3, 0.4) is 0 Å². The minimum absolute atomic E-state index is 0.204. The van der Waals surface area contributed by atoms with Crippen LogP contribution in [0.2, 0.25) is 0 Å². The number of hydrogen-bond donors (Lipinski definition) is 2. The number of hydrogen-bond acceptors (Lipinski definition) is 4. The van der Waals surface area contributed by atoms with Crippen molar-refractivity contribution >= 4 is 27.7 Å². The van der Waals surface area contributed by atoms with Gasteiger partial charge in [-0.25, -0.2) is 9.89 Å². The highest BCUT2D eigenvalue weighted by Crippen LogP contribution is 2.33. The van der Waals surface area contributed by atoms with E-state index in [0.29, 0.717) is 11.7 Å². The lowest BCUT2D eigenvalue weighted by Crippen LogP contribution is -2.17. The van der Waals surface area contributed by atoms with Crippen LogP contribution >= 0.6 is 27.7 Å². The normalized spacial score (nSPS) is 12.6. The van der Waals surface area contributed by atoms with Gasteiger partial charge in [-0.2, -0.15) is 0 Å². The lowest BCUT2D eigenvalue weighted by Gasteiger charge is -2.12. The van der Waals surface area contributed by atoms with E-state index in [-0.39, 0.29) is 5.69 Å². The summed E-state index contributed by atoms with van der Waals surface area (Å²) in [6.07, 6.45) is 0.275. The number of nitrogens with one attached hydrogen (secondary N) is 1. The molecule has 0 radical (unpaired) electrons. The highest BCUT2D eigenvalue weighted by molar-refractivity contribution is 9.10. The fraction of sp³-hybridized carbons (Fsp3) is 0.385. The van der Waals surface area contributed by atoms with Crippen LogP contribution in [-0.4, -0.2) is 19.9 Å². The van der Waals surface area contributed by atoms with Gasteiger partial charge in [0.05, 0.1) is 6.10 Å². The number of halogens is 1. The maximum absolute atomic E-state index is 11.7. The first-order chi connectivity index (χ1) is 9.52. The van der Waals surface area contributed by atoms with Crippen molar-refractivity contribution in [3.63, 3.8) is 0 Å². The Hall–Kier alpha value is -1.05. The highest BCUT2D eigenvalue weighted by atomic mass is 79.9. The van der Waals surface area contributed by atoms with Crippen molar-refractivity contribution in [1.82, 2.24) is 14.8 Å². The van der Waals surface area contributed by atoms with Crippen molar-refractivity contribution in [2.24, 2.45) is 0 Å². The summed E-state index contributed by atoms with van der Waals surface area (Å²) >= 11 is 4.77. The maximum atomic E-state index is 11.7. The predicted octanol–water partition coefficient (Wildman–Crippen LogP) is 2.95. The second-order valence-corrected chi connectivity index (χ2v) is 6.35. The van der Waals surface area contributed by atoms with Crippen molar-refractivity contribution in [2.45, 2.75) is 43.0 Å². The van der Waals surface area contributed by atoms with Crippen LogP contribution in [0.15, 0.2) is 37.5 Å². The van der Waals surface area contributed by atoms with Gasteiger partial charge in [-0.15, -0.1) is 5.10 Å². The molecule has 0 bridgehead atoms. The number of benzene rings is 1. The molecule has 20 heavy (non-hydrogen) atoms. The molecule has 1 aromatic heterocycles. The lowest BCUT2D eigenvalue weighted by molar-refractivity contribution is 0.196. The van der Waals surface area contributed by atoms with Crippen molar-refractivity contribution < 1.29 is 5.11 Å². The smallest absolute Gasteiger partial charge is 0.343 e. The fourth-order valence-corrected chi connectivity index (χ4v) is 3.27. The number of H-pyrrole nitrogens is 1. The SMILES string of the molecule is CCCn1c(Sc2ccc(Br)cc2C(C)O)n[nH]c1=O. The number of nitrogens with zero attached hydrogens (tertiary/aromatic N) is 2. The Labute approximate surface area is 129 Å². The molecule has 108 valence electrons. The second kappa shape index (κ2) is 6.60. The molecule has 0 aliphatic heterocycles. The van der Waals surface area contributed by atoms with E-state index < -0.39 is 6.10 Å². The van der Waals surface area contributed by atoms with Gasteiger partial charge in [-0.05, 0) is 48.9 Å². The number of aromatic nitrogens is 3. The van der Waals surface area contributed by atoms with Crippen molar-refractivity contribution in [3.05, 3.63) is 38.7 Å². The van der Waals surface area contributed by atoms with Crippen LogP contribution in [0, 0.1) is 0 Å². The first-order valence-corrected chi connectivity index (χ1v) is 7.94. The van der Waals surface area contributed by atoms with Crippen LogP contribution in [0.1, 0.15) is 31.9 Å². The molecule has 0 amide bonds. The van der Waals surface area contributed by atoms with Crippen LogP contribution < -0.4 is 5.69 Å². The number of aliphatic hydroxyl groups is 1. The minimum atomic E-state index is -0.583. The third kappa shape index (κ3) is 3.34. The van der Waals surface area contributed by atoms with Crippen LogP contribution in [-0.2, 0) is 6.54 Å². The molecule has 1 aromatic carbocycles. The van der Waals surface area contributed by atoms with Gasteiger partial charge in [0.25, 0.3) is 0 Å². The monoisotopic (exact) mass is 357 g/mol. The van der Waals surface area contributed by atoms with E-state index in [1.165, 1.54) is 11.8 Å². The van der Waals surface area contributed by atoms with Crippen LogP contribution in [0.5, 0.6) is 0 Å². The van der Waals surface area contributed by atoms with E-state index in [1.54, 1.807) is 11.5 Å². The number of aliphatic hydroxyl groups excluding tert-OH is 1. The molecular formula is C13H16BrN3O2S. The molecule has 2 rings (SSSR count). The second-order valence-electron chi connectivity index (χ2n) is 4.42. The van der Waals surface area contributed by atoms with E-state index >= 15 is 0 Å². The zero-order valence-electron chi connectivity index (χ0n) is 11.3. The van der Waals surface area contributed by atoms with Crippen molar-refractivity contribution in [2.75, 3.05) is 0 Å². The molecule has 0 spiro atoms. The zero-order chi connectivity index (χ0) is 14.7. The highest BCUT2D eigenvalue weighted by Gasteiger charge is 2.14. The van der Waals surface area contributed by atoms with E-state index in [1.807, 2.05) is 25.1 Å². The molecule has 1 atom stereocenters. The molecule has 0 fully saturated rings. The summed E-state index contributed by atoms with van der Waals surface area (Å²) in [7, 11) is 0. The van der Waals surface area contributed by atoms with E-state index in [0.717, 1.165) is 21.4 Å². The van der Waals surface area contributed by atoms with Crippen molar-refractivity contribution in [3.8, 4) is 0 Å². The van der Waals surface area contributed by atoms with Gasteiger partial charge in [0.2, 0.25) is 0 Å². The summed E-state index contributed by atoms with van der Waals surface area (Å²) in [5.74, 6) is 0. The molecule has 0 aliphatic carbocycles. The van der Waals surface area contributed by atoms with Gasteiger partial charge < -0.3 is 5.11 Å². The van der Waals surface area contributed by atoms with Crippen LogP contribution in [0.25, 0.3) is 0 Å². The van der Waals surface area contributed by atoms with Gasteiger partial charge in [0.15, 0.2) is 5.16 Å². The van der Waals surface area contributed by atoms with Crippen LogP contribution in [0.4, 0.5) is 0 Å². The molecule has 0 saturated heterocycles. The summed E-state index contributed by atoms with van der Waals surface area (Å²) in [6, 6.07) is 5.69. The predicted molar refractivity (Wildman–Crippen MR) is 82.0 cm³/mol. The molecule has 0 aliphatic rings. The summed E-state index contributed by atoms with van der Waals surface area (Å²) < 4.78 is 2.52. The molecule has 0 saturated carbocycles. The lowest BCUT2D eigenvalue weighted by atomic mass is 10.1. The quantitative estimate of drug-likeness (QED) is 0.862. The van der Waals surface area contributed by atoms with E-state index in [4.69, 9.17) is 0 Å². The van der Waals surface area contributed by atoms with Gasteiger partial charge in [0, 0.05) is 15.9 Å². The first-order valence-electron chi connectivity index (χ1n) is 6.33. The fourth-order valence-electron chi connectivity index (χ4n) is 1.84. The Morgan fingerprint density at radius 2 is 2.30 bits per heavy atom. The third-order valence-corrected chi connectivity index (χ3v) is 4.37.